The van der Waals surface area contributed by atoms with Gasteiger partial charge in [0.1, 0.15) is 6.54 Å². The molecule has 0 radical (unpaired) electrons. The van der Waals surface area contributed by atoms with Gasteiger partial charge in [-0.25, -0.2) is 0 Å². The van der Waals surface area contributed by atoms with Crippen LogP contribution in [0.15, 0.2) is 48.5 Å². The van der Waals surface area contributed by atoms with Crippen molar-refractivity contribution < 1.29 is 9.59 Å². The Hall–Kier alpha value is -2.37. The second-order valence-electron chi connectivity index (χ2n) is 5.68. The molecule has 0 heterocycles. The zero-order valence-corrected chi connectivity index (χ0v) is 14.9. The van der Waals surface area contributed by atoms with Crippen molar-refractivity contribution in [2.75, 3.05) is 18.4 Å². The highest BCUT2D eigenvalue weighted by atomic mass is 35.5. The van der Waals surface area contributed by atoms with Crippen LogP contribution in [0.5, 0.6) is 0 Å². The molecule has 0 saturated carbocycles. The molecule has 0 fully saturated rings. The van der Waals surface area contributed by atoms with Gasteiger partial charge in [0.25, 0.3) is 5.91 Å². The van der Waals surface area contributed by atoms with Crippen LogP contribution in [-0.2, 0) is 11.3 Å². The first-order chi connectivity index (χ1) is 12.0. The third-order valence-corrected chi connectivity index (χ3v) is 3.93. The van der Waals surface area contributed by atoms with Crippen molar-refractivity contribution in [1.29, 1.82) is 0 Å². The van der Waals surface area contributed by atoms with Gasteiger partial charge in [-0.15, -0.1) is 0 Å². The van der Waals surface area contributed by atoms with Crippen LogP contribution in [0.25, 0.3) is 0 Å². The van der Waals surface area contributed by atoms with Crippen LogP contribution in [0, 0.1) is 0 Å². The van der Waals surface area contributed by atoms with Crippen molar-refractivity contribution in [2.24, 2.45) is 5.73 Å². The van der Waals surface area contributed by atoms with Gasteiger partial charge in [-0.05, 0) is 48.4 Å². The van der Waals surface area contributed by atoms with Crippen molar-refractivity contribution in [3.8, 4) is 0 Å². The van der Waals surface area contributed by atoms with E-state index < -0.39 is 0 Å². The molecule has 2 amide bonds. The molecular weight excluding hydrogens is 338 g/mol. The molecule has 2 aromatic rings. The number of benzene rings is 2. The second-order valence-corrected chi connectivity index (χ2v) is 6.12. The first kappa shape index (κ1) is 19.0. The van der Waals surface area contributed by atoms with E-state index in [2.05, 4.69) is 5.32 Å². The largest absolute Gasteiger partial charge is 0.329 e. The van der Waals surface area contributed by atoms with E-state index in [9.17, 15) is 9.59 Å². The lowest BCUT2D eigenvalue weighted by Gasteiger charge is -2.22. The molecule has 3 N–H and O–H groups in total. The molecule has 0 bridgehead atoms. The van der Waals surface area contributed by atoms with E-state index in [-0.39, 0.29) is 18.4 Å². The third-order valence-electron chi connectivity index (χ3n) is 3.68. The molecule has 5 nitrogen and oxygen atoms in total. The van der Waals surface area contributed by atoms with Gasteiger partial charge < -0.3 is 16.0 Å². The Morgan fingerprint density at radius 3 is 2.28 bits per heavy atom. The van der Waals surface area contributed by atoms with Crippen molar-refractivity contribution in [3.05, 3.63) is 64.7 Å². The summed E-state index contributed by atoms with van der Waals surface area (Å²) in [4.78, 5) is 26.5. The highest BCUT2D eigenvalue weighted by molar-refractivity contribution is 6.30. The maximum atomic E-state index is 12.7. The Bertz CT molecular complexity index is 714. The van der Waals surface area contributed by atoms with Crippen LogP contribution in [0.2, 0.25) is 5.02 Å². The summed E-state index contributed by atoms with van der Waals surface area (Å²) in [6, 6.07) is 14.0. The Morgan fingerprint density at radius 1 is 1.08 bits per heavy atom. The summed E-state index contributed by atoms with van der Waals surface area (Å²) in [5.74, 6) is -0.417. The molecular formula is C19H22ClN3O2. The number of hydrogen-bond acceptors (Lipinski definition) is 3. The predicted molar refractivity (Wildman–Crippen MR) is 101 cm³/mol. The maximum absolute atomic E-state index is 12.7. The van der Waals surface area contributed by atoms with E-state index in [0.29, 0.717) is 29.4 Å². The highest BCUT2D eigenvalue weighted by Crippen LogP contribution is 2.14. The number of nitrogens with one attached hydrogen (secondary N) is 1. The van der Waals surface area contributed by atoms with Crippen LogP contribution < -0.4 is 11.1 Å². The number of nitrogens with two attached hydrogens (primary N) is 1. The monoisotopic (exact) mass is 359 g/mol. The molecule has 6 heteroatoms. The SMILES string of the molecule is CCCN(CC(=O)Nc1ccc(Cl)cc1)C(=O)c1ccc(CN)cc1. The summed E-state index contributed by atoms with van der Waals surface area (Å²) in [7, 11) is 0. The zero-order valence-electron chi connectivity index (χ0n) is 14.2. The van der Waals surface area contributed by atoms with Crippen LogP contribution in [0.3, 0.4) is 0 Å². The highest BCUT2D eigenvalue weighted by Gasteiger charge is 2.18. The van der Waals surface area contributed by atoms with Crippen LogP contribution in [0.4, 0.5) is 5.69 Å². The second kappa shape index (κ2) is 9.20. The minimum atomic E-state index is -0.247. The fourth-order valence-electron chi connectivity index (χ4n) is 2.40. The minimum absolute atomic E-state index is 0.00601. The van der Waals surface area contributed by atoms with Crippen molar-refractivity contribution >= 4 is 29.1 Å². The lowest BCUT2D eigenvalue weighted by Crippen LogP contribution is -2.38. The molecule has 0 aromatic heterocycles. The minimum Gasteiger partial charge on any atom is -0.329 e. The molecule has 25 heavy (non-hydrogen) atoms. The normalized spacial score (nSPS) is 10.4. The first-order valence-corrected chi connectivity index (χ1v) is 8.55. The number of halogens is 1. The van der Waals surface area contributed by atoms with Gasteiger partial charge in [-0.3, -0.25) is 9.59 Å². The van der Waals surface area contributed by atoms with Gasteiger partial charge in [0.15, 0.2) is 0 Å². The zero-order chi connectivity index (χ0) is 18.2. The number of amides is 2. The lowest BCUT2D eigenvalue weighted by molar-refractivity contribution is -0.116. The number of hydrogen-bond donors (Lipinski definition) is 2. The molecule has 2 aromatic carbocycles. The fraction of sp³-hybridized carbons (Fsp3) is 0.263. The number of carbonyl (C=O) groups excluding carboxylic acids is 2. The summed E-state index contributed by atoms with van der Waals surface area (Å²) in [6.07, 6.45) is 0.765. The number of carbonyl (C=O) groups is 2. The standard InChI is InChI=1S/C19H22ClN3O2/c1-2-11-23(19(25)15-5-3-14(12-21)4-6-15)13-18(24)22-17-9-7-16(20)8-10-17/h3-10H,2,11-13,21H2,1H3,(H,22,24). The predicted octanol–water partition coefficient (Wildman–Crippen LogP) is 3.29. The summed E-state index contributed by atoms with van der Waals surface area (Å²) in [6.45, 7) is 2.89. The van der Waals surface area contributed by atoms with E-state index in [1.54, 1.807) is 41.3 Å². The van der Waals surface area contributed by atoms with E-state index in [1.165, 1.54) is 0 Å². The van der Waals surface area contributed by atoms with Crippen molar-refractivity contribution in [3.63, 3.8) is 0 Å². The molecule has 0 aliphatic rings. The van der Waals surface area contributed by atoms with E-state index in [4.69, 9.17) is 17.3 Å². The average Bonchev–Trinajstić information content (AvgIpc) is 2.63. The Morgan fingerprint density at radius 2 is 1.72 bits per heavy atom. The summed E-state index contributed by atoms with van der Waals surface area (Å²) in [5, 5.41) is 3.37. The van der Waals surface area contributed by atoms with Gasteiger partial charge >= 0.3 is 0 Å². The Balaban J connectivity index is 2.04. The summed E-state index contributed by atoms with van der Waals surface area (Å²) >= 11 is 5.83. The average molecular weight is 360 g/mol. The van der Waals surface area contributed by atoms with Crippen molar-refractivity contribution in [2.45, 2.75) is 19.9 Å². The van der Waals surface area contributed by atoms with E-state index in [0.717, 1.165) is 12.0 Å². The van der Waals surface area contributed by atoms with Crippen LogP contribution in [0.1, 0.15) is 29.3 Å². The number of rotatable bonds is 7. The third kappa shape index (κ3) is 5.59. The lowest BCUT2D eigenvalue weighted by atomic mass is 10.1. The molecule has 0 atom stereocenters. The molecule has 132 valence electrons. The van der Waals surface area contributed by atoms with Crippen LogP contribution in [-0.4, -0.2) is 29.8 Å². The number of nitrogens with zero attached hydrogens (tertiary/aromatic N) is 1. The summed E-state index contributed by atoms with van der Waals surface area (Å²) < 4.78 is 0. The quantitative estimate of drug-likeness (QED) is 0.796. The molecule has 0 aliphatic heterocycles. The Kier molecular flexibility index (Phi) is 6.98. The van der Waals surface area contributed by atoms with Crippen molar-refractivity contribution in [1.82, 2.24) is 4.90 Å². The molecule has 0 saturated heterocycles. The topological polar surface area (TPSA) is 75.4 Å². The maximum Gasteiger partial charge on any atom is 0.254 e. The molecule has 0 aliphatic carbocycles. The van der Waals surface area contributed by atoms with Gasteiger partial charge in [0, 0.05) is 29.4 Å². The van der Waals surface area contributed by atoms with Gasteiger partial charge in [0.05, 0.1) is 0 Å². The molecule has 0 unspecified atom stereocenters. The fourth-order valence-corrected chi connectivity index (χ4v) is 2.52. The number of anilines is 1. The molecule has 2 rings (SSSR count). The molecule has 0 spiro atoms. The Labute approximate surface area is 152 Å². The first-order valence-electron chi connectivity index (χ1n) is 8.17. The van der Waals surface area contributed by atoms with Gasteiger partial charge in [-0.1, -0.05) is 30.7 Å². The smallest absolute Gasteiger partial charge is 0.254 e. The van der Waals surface area contributed by atoms with E-state index in [1.807, 2.05) is 19.1 Å². The van der Waals surface area contributed by atoms with Crippen LogP contribution >= 0.6 is 11.6 Å². The summed E-state index contributed by atoms with van der Waals surface area (Å²) in [5.41, 5.74) is 7.72. The van der Waals surface area contributed by atoms with Gasteiger partial charge in [0.2, 0.25) is 5.91 Å². The van der Waals surface area contributed by atoms with Gasteiger partial charge in [-0.2, -0.15) is 0 Å². The van der Waals surface area contributed by atoms with E-state index >= 15 is 0 Å².